The first kappa shape index (κ1) is 13.8. The number of hydrogen-bond acceptors (Lipinski definition) is 2. The van der Waals surface area contributed by atoms with Gasteiger partial charge in [0.15, 0.2) is 0 Å². The minimum absolute atomic E-state index is 0.148. The monoisotopic (exact) mass is 318 g/mol. The van der Waals surface area contributed by atoms with Crippen LogP contribution in [0.2, 0.25) is 0 Å². The lowest BCUT2D eigenvalue weighted by Crippen LogP contribution is -2.36. The predicted molar refractivity (Wildman–Crippen MR) is 78.2 cm³/mol. The molecule has 0 bridgehead atoms. The Morgan fingerprint density at radius 3 is 2.42 bits per heavy atom. The van der Waals surface area contributed by atoms with Crippen molar-refractivity contribution in [2.45, 2.75) is 19.3 Å². The van der Waals surface area contributed by atoms with Gasteiger partial charge < -0.3 is 4.90 Å². The number of piperidine rings is 1. The van der Waals surface area contributed by atoms with E-state index in [1.165, 1.54) is 6.42 Å². The third kappa shape index (κ3) is 3.68. The summed E-state index contributed by atoms with van der Waals surface area (Å²) < 4.78 is 0.977. The summed E-state index contributed by atoms with van der Waals surface area (Å²) in [5.74, 6) is -0.148. The standard InChI is InChI=1S/C15H15BrN2O/c16-14-6-4-12(5-7-14)10-13(11-17)15(19)18-8-2-1-3-9-18/h4-7,10H,1-3,8-9H2/b13-10-. The summed E-state index contributed by atoms with van der Waals surface area (Å²) in [6.45, 7) is 1.52. The van der Waals surface area contributed by atoms with E-state index in [-0.39, 0.29) is 11.5 Å². The Morgan fingerprint density at radius 2 is 1.84 bits per heavy atom. The summed E-state index contributed by atoms with van der Waals surface area (Å²) in [5.41, 5.74) is 1.08. The molecule has 0 saturated carbocycles. The van der Waals surface area contributed by atoms with E-state index in [4.69, 9.17) is 5.26 Å². The van der Waals surface area contributed by atoms with Crippen molar-refractivity contribution in [2.75, 3.05) is 13.1 Å². The van der Waals surface area contributed by atoms with Crippen LogP contribution in [0.15, 0.2) is 34.3 Å². The number of carbonyl (C=O) groups excluding carboxylic acids is 1. The Labute approximate surface area is 121 Å². The van der Waals surface area contributed by atoms with Gasteiger partial charge in [-0.05, 0) is 43.0 Å². The van der Waals surface area contributed by atoms with Crippen LogP contribution in [-0.4, -0.2) is 23.9 Å². The summed E-state index contributed by atoms with van der Waals surface area (Å²) in [5, 5.41) is 9.17. The van der Waals surface area contributed by atoms with Crippen LogP contribution in [0, 0.1) is 11.3 Å². The van der Waals surface area contributed by atoms with E-state index in [1.807, 2.05) is 30.3 Å². The second-order valence-electron chi connectivity index (χ2n) is 4.57. The molecular weight excluding hydrogens is 304 g/mol. The third-order valence-corrected chi connectivity index (χ3v) is 3.70. The number of halogens is 1. The lowest BCUT2D eigenvalue weighted by atomic mass is 10.1. The van der Waals surface area contributed by atoms with Gasteiger partial charge in [-0.25, -0.2) is 0 Å². The van der Waals surface area contributed by atoms with Gasteiger partial charge in [0.25, 0.3) is 5.91 Å². The molecule has 2 rings (SSSR count). The van der Waals surface area contributed by atoms with Crippen molar-refractivity contribution in [1.82, 2.24) is 4.90 Å². The van der Waals surface area contributed by atoms with Crippen molar-refractivity contribution in [1.29, 1.82) is 5.26 Å². The fourth-order valence-corrected chi connectivity index (χ4v) is 2.40. The Morgan fingerprint density at radius 1 is 1.21 bits per heavy atom. The van der Waals surface area contributed by atoms with Crippen LogP contribution in [0.5, 0.6) is 0 Å². The summed E-state index contributed by atoms with van der Waals surface area (Å²) in [7, 11) is 0. The number of hydrogen-bond donors (Lipinski definition) is 0. The fourth-order valence-electron chi connectivity index (χ4n) is 2.13. The molecule has 1 fully saturated rings. The molecule has 0 N–H and O–H groups in total. The molecule has 98 valence electrons. The first-order valence-corrected chi connectivity index (χ1v) is 7.16. The normalized spacial score (nSPS) is 16.0. The molecule has 0 aliphatic carbocycles. The second kappa shape index (κ2) is 6.53. The predicted octanol–water partition coefficient (Wildman–Crippen LogP) is 3.37. The molecule has 1 saturated heterocycles. The number of benzene rings is 1. The Kier molecular flexibility index (Phi) is 4.75. The van der Waals surface area contributed by atoms with E-state index < -0.39 is 0 Å². The van der Waals surface area contributed by atoms with Gasteiger partial charge in [0.05, 0.1) is 0 Å². The molecule has 19 heavy (non-hydrogen) atoms. The molecule has 1 aromatic rings. The molecule has 0 spiro atoms. The minimum atomic E-state index is -0.148. The molecule has 1 aromatic carbocycles. The van der Waals surface area contributed by atoms with E-state index in [9.17, 15) is 4.79 Å². The number of amides is 1. The van der Waals surface area contributed by atoms with Crippen LogP contribution in [0.25, 0.3) is 6.08 Å². The number of nitriles is 1. The van der Waals surface area contributed by atoms with E-state index >= 15 is 0 Å². The maximum absolute atomic E-state index is 12.2. The molecule has 0 unspecified atom stereocenters. The van der Waals surface area contributed by atoms with Crippen molar-refractivity contribution in [2.24, 2.45) is 0 Å². The molecule has 0 aromatic heterocycles. The largest absolute Gasteiger partial charge is 0.338 e. The van der Waals surface area contributed by atoms with E-state index in [0.717, 1.165) is 36.0 Å². The molecule has 0 radical (unpaired) electrons. The van der Waals surface area contributed by atoms with Gasteiger partial charge in [0.1, 0.15) is 11.6 Å². The molecule has 1 aliphatic heterocycles. The van der Waals surface area contributed by atoms with Crippen molar-refractivity contribution in [3.05, 3.63) is 39.9 Å². The molecule has 4 heteroatoms. The third-order valence-electron chi connectivity index (χ3n) is 3.18. The molecule has 3 nitrogen and oxygen atoms in total. The van der Waals surface area contributed by atoms with Gasteiger partial charge in [0, 0.05) is 17.6 Å². The molecule has 1 aliphatic rings. The zero-order chi connectivity index (χ0) is 13.7. The molecule has 1 heterocycles. The Balaban J connectivity index is 2.17. The smallest absolute Gasteiger partial charge is 0.264 e. The summed E-state index contributed by atoms with van der Waals surface area (Å²) in [4.78, 5) is 14.0. The highest BCUT2D eigenvalue weighted by molar-refractivity contribution is 9.10. The van der Waals surface area contributed by atoms with E-state index in [1.54, 1.807) is 11.0 Å². The van der Waals surface area contributed by atoms with Crippen LogP contribution < -0.4 is 0 Å². The summed E-state index contributed by atoms with van der Waals surface area (Å²) in [6.07, 6.45) is 4.89. The Bertz CT molecular complexity index is 522. The topological polar surface area (TPSA) is 44.1 Å². The second-order valence-corrected chi connectivity index (χ2v) is 5.49. The van der Waals surface area contributed by atoms with Crippen molar-refractivity contribution in [3.8, 4) is 6.07 Å². The number of rotatable bonds is 2. The highest BCUT2D eigenvalue weighted by Crippen LogP contribution is 2.16. The van der Waals surface area contributed by atoms with Gasteiger partial charge in [-0.15, -0.1) is 0 Å². The SMILES string of the molecule is N#C/C(=C/c1ccc(Br)cc1)C(=O)N1CCCCC1. The number of carbonyl (C=O) groups is 1. The van der Waals surface area contributed by atoms with Gasteiger partial charge >= 0.3 is 0 Å². The first-order valence-electron chi connectivity index (χ1n) is 6.37. The van der Waals surface area contributed by atoms with Crippen LogP contribution in [0.1, 0.15) is 24.8 Å². The average molecular weight is 319 g/mol. The lowest BCUT2D eigenvalue weighted by Gasteiger charge is -2.26. The summed E-state index contributed by atoms with van der Waals surface area (Å²) in [6, 6.07) is 9.57. The minimum Gasteiger partial charge on any atom is -0.338 e. The van der Waals surface area contributed by atoms with Crippen molar-refractivity contribution < 1.29 is 4.79 Å². The van der Waals surface area contributed by atoms with E-state index in [0.29, 0.717) is 0 Å². The molecule has 1 amide bonds. The van der Waals surface area contributed by atoms with Crippen LogP contribution >= 0.6 is 15.9 Å². The van der Waals surface area contributed by atoms with Gasteiger partial charge in [-0.3, -0.25) is 4.79 Å². The van der Waals surface area contributed by atoms with Crippen LogP contribution in [0.4, 0.5) is 0 Å². The number of likely N-dealkylation sites (tertiary alicyclic amines) is 1. The highest BCUT2D eigenvalue weighted by Gasteiger charge is 2.19. The van der Waals surface area contributed by atoms with Crippen LogP contribution in [0.3, 0.4) is 0 Å². The maximum Gasteiger partial charge on any atom is 0.264 e. The molecule has 0 atom stereocenters. The van der Waals surface area contributed by atoms with Crippen LogP contribution in [-0.2, 0) is 4.79 Å². The Hall–Kier alpha value is -1.60. The van der Waals surface area contributed by atoms with E-state index in [2.05, 4.69) is 15.9 Å². The zero-order valence-corrected chi connectivity index (χ0v) is 12.2. The average Bonchev–Trinajstić information content (AvgIpc) is 2.47. The maximum atomic E-state index is 12.2. The molecular formula is C15H15BrN2O. The van der Waals surface area contributed by atoms with Crippen molar-refractivity contribution in [3.63, 3.8) is 0 Å². The fraction of sp³-hybridized carbons (Fsp3) is 0.333. The lowest BCUT2D eigenvalue weighted by molar-refractivity contribution is -0.127. The summed E-state index contributed by atoms with van der Waals surface area (Å²) >= 11 is 3.36. The van der Waals surface area contributed by atoms with Gasteiger partial charge in [-0.1, -0.05) is 28.1 Å². The van der Waals surface area contributed by atoms with Gasteiger partial charge in [0.2, 0.25) is 0 Å². The van der Waals surface area contributed by atoms with Gasteiger partial charge in [-0.2, -0.15) is 5.26 Å². The number of nitrogens with zero attached hydrogens (tertiary/aromatic N) is 2. The highest BCUT2D eigenvalue weighted by atomic mass is 79.9. The quantitative estimate of drug-likeness (QED) is 0.620. The first-order chi connectivity index (χ1) is 9.20. The van der Waals surface area contributed by atoms with Crippen molar-refractivity contribution >= 4 is 27.9 Å². The zero-order valence-electron chi connectivity index (χ0n) is 10.6.